The van der Waals surface area contributed by atoms with E-state index in [0.717, 1.165) is 23.1 Å². The Labute approximate surface area is 259 Å². The summed E-state index contributed by atoms with van der Waals surface area (Å²) >= 11 is 0. The van der Waals surface area contributed by atoms with Crippen LogP contribution in [0, 0.1) is 0 Å². The van der Waals surface area contributed by atoms with E-state index < -0.39 is 22.2 Å². The number of rotatable bonds is 13. The highest BCUT2D eigenvalue weighted by Crippen LogP contribution is 2.28. The Bertz CT molecular complexity index is 1480. The number of carbonyl (C=O) groups is 2. The Morgan fingerprint density at radius 3 is 2.45 bits per heavy atom. The topological polar surface area (TPSA) is 148 Å². The summed E-state index contributed by atoms with van der Waals surface area (Å²) in [7, 11) is -3.45. The molecule has 1 fully saturated rings. The molecule has 1 saturated heterocycles. The second-order valence-corrected chi connectivity index (χ2v) is 12.4. The second kappa shape index (κ2) is 17.2. The maximum Gasteiger partial charge on any atom is 0.290 e. The van der Waals surface area contributed by atoms with Crippen LogP contribution in [-0.4, -0.2) is 68.5 Å². The van der Waals surface area contributed by atoms with Crippen LogP contribution in [0.1, 0.15) is 46.8 Å². The predicted molar refractivity (Wildman–Crippen MR) is 175 cm³/mol. The number of carbonyl (C=O) groups excluding carboxylic acids is 1. The van der Waals surface area contributed by atoms with Crippen molar-refractivity contribution in [3.63, 3.8) is 0 Å². The quantitative estimate of drug-likeness (QED) is 0.181. The van der Waals surface area contributed by atoms with Crippen molar-refractivity contribution in [3.05, 3.63) is 102 Å². The first-order valence-corrected chi connectivity index (χ1v) is 16.2. The number of benzene rings is 3. The third-order valence-corrected chi connectivity index (χ3v) is 9.02. The summed E-state index contributed by atoms with van der Waals surface area (Å²) in [6.07, 6.45) is 2.75. The smallest absolute Gasteiger partial charge is 0.290 e. The van der Waals surface area contributed by atoms with Gasteiger partial charge in [0.2, 0.25) is 10.0 Å². The molecule has 0 saturated carbocycles. The van der Waals surface area contributed by atoms with Crippen molar-refractivity contribution in [1.29, 1.82) is 0 Å². The van der Waals surface area contributed by atoms with Crippen LogP contribution < -0.4 is 20.3 Å². The second-order valence-electron chi connectivity index (χ2n) is 10.4. The molecule has 236 valence electrons. The Morgan fingerprint density at radius 1 is 1.05 bits per heavy atom. The van der Waals surface area contributed by atoms with Gasteiger partial charge in [-0.1, -0.05) is 67.3 Å². The molecule has 2 atom stereocenters. The number of sulfonamides is 1. The number of carboxylic acid groups (broad SMARTS) is 1. The highest BCUT2D eigenvalue weighted by Gasteiger charge is 2.28. The first-order valence-electron chi connectivity index (χ1n) is 14.6. The molecule has 5 N–H and O–H groups in total. The lowest BCUT2D eigenvalue weighted by molar-refractivity contribution is -0.122. The van der Waals surface area contributed by atoms with Crippen molar-refractivity contribution >= 4 is 39.9 Å². The van der Waals surface area contributed by atoms with E-state index in [1.54, 1.807) is 24.3 Å². The number of aliphatic hydroxyl groups is 1. The van der Waals surface area contributed by atoms with Crippen LogP contribution in [0.5, 0.6) is 0 Å². The molecule has 3 aromatic carbocycles. The first-order chi connectivity index (χ1) is 21.2. The molecule has 1 aliphatic heterocycles. The standard InChI is InChI=1S/C32H40N4O4S.CH2O2/c1-3-24-13-10-14-26(17-24)22-33-23-31(37)30(18-25-11-6-5-7-12-25)35-32(38)27-19-28(34-4-2)21-29(20-27)36-15-8-9-16-41(36,39)40;2-1-3/h3,5-7,10-14,17,19-21,30-31,33-34,37H,1,4,8-9,15-16,18,22-23H2,2H3,(H,35,38);1H,(H,2,3)/t30-,31+;/m0./s1. The van der Waals surface area contributed by atoms with E-state index in [-0.39, 0.29) is 24.7 Å². The molecular weight excluding hydrogens is 580 g/mol. The summed E-state index contributed by atoms with van der Waals surface area (Å²) in [5, 5.41) is 27.6. The average Bonchev–Trinajstić information content (AvgIpc) is 3.01. The minimum Gasteiger partial charge on any atom is -0.483 e. The largest absolute Gasteiger partial charge is 0.483 e. The normalized spacial score (nSPS) is 15.2. The summed E-state index contributed by atoms with van der Waals surface area (Å²) in [6.45, 7) is 7.34. The van der Waals surface area contributed by atoms with Gasteiger partial charge in [-0.05, 0) is 61.1 Å². The zero-order chi connectivity index (χ0) is 32.0. The average molecular weight is 623 g/mol. The van der Waals surface area contributed by atoms with Crippen molar-refractivity contribution < 1.29 is 28.2 Å². The Kier molecular flexibility index (Phi) is 13.4. The zero-order valence-corrected chi connectivity index (χ0v) is 25.8. The van der Waals surface area contributed by atoms with Crippen LogP contribution in [-0.2, 0) is 27.8 Å². The third kappa shape index (κ3) is 10.2. The number of nitrogens with one attached hydrogen (secondary N) is 3. The lowest BCUT2D eigenvalue weighted by atomic mass is 10.00. The van der Waals surface area contributed by atoms with Gasteiger partial charge in [0, 0.05) is 37.4 Å². The van der Waals surface area contributed by atoms with E-state index in [1.807, 2.05) is 61.5 Å². The van der Waals surface area contributed by atoms with E-state index >= 15 is 0 Å². The first kappa shape index (κ1) is 34.3. The molecule has 4 rings (SSSR count). The minimum absolute atomic E-state index is 0.0934. The third-order valence-electron chi connectivity index (χ3n) is 7.15. The van der Waals surface area contributed by atoms with Gasteiger partial charge in [-0.15, -0.1) is 0 Å². The predicted octanol–water partition coefficient (Wildman–Crippen LogP) is 3.88. The fourth-order valence-corrected chi connectivity index (χ4v) is 6.63. The molecule has 3 aromatic rings. The SMILES string of the molecule is C=Cc1cccc(CNC[C@@H](O)[C@H](Cc2ccccc2)NC(=O)c2cc(NCC)cc(N3CCCCS3(=O)=O)c2)c1.O=CO. The van der Waals surface area contributed by atoms with Gasteiger partial charge in [-0.3, -0.25) is 13.9 Å². The van der Waals surface area contributed by atoms with Gasteiger partial charge < -0.3 is 26.2 Å². The molecule has 0 bridgehead atoms. The summed E-state index contributed by atoms with van der Waals surface area (Å²) < 4.78 is 27.0. The molecule has 10 nitrogen and oxygen atoms in total. The number of aliphatic hydroxyl groups excluding tert-OH is 1. The molecule has 44 heavy (non-hydrogen) atoms. The molecule has 0 aliphatic carbocycles. The molecule has 0 radical (unpaired) electrons. The summed E-state index contributed by atoms with van der Waals surface area (Å²) in [6, 6.07) is 22.2. The molecule has 1 aliphatic rings. The molecule has 1 amide bonds. The molecule has 11 heteroatoms. The van der Waals surface area contributed by atoms with Crippen molar-refractivity contribution in [2.45, 2.75) is 44.9 Å². The van der Waals surface area contributed by atoms with Gasteiger partial charge in [0.25, 0.3) is 12.4 Å². The van der Waals surface area contributed by atoms with Crippen molar-refractivity contribution in [2.75, 3.05) is 35.0 Å². The van der Waals surface area contributed by atoms with Gasteiger partial charge in [0.15, 0.2) is 0 Å². The zero-order valence-electron chi connectivity index (χ0n) is 25.0. The van der Waals surface area contributed by atoms with Crippen LogP contribution in [0.15, 0.2) is 79.4 Å². The van der Waals surface area contributed by atoms with Crippen LogP contribution in [0.3, 0.4) is 0 Å². The van der Waals surface area contributed by atoms with Crippen LogP contribution in [0.4, 0.5) is 11.4 Å². The number of hydrogen-bond donors (Lipinski definition) is 5. The van der Waals surface area contributed by atoms with E-state index in [0.29, 0.717) is 49.4 Å². The van der Waals surface area contributed by atoms with E-state index in [4.69, 9.17) is 9.90 Å². The van der Waals surface area contributed by atoms with Crippen LogP contribution in [0.25, 0.3) is 6.08 Å². The molecular formula is C33H42N4O6S. The Morgan fingerprint density at radius 2 is 1.77 bits per heavy atom. The highest BCUT2D eigenvalue weighted by atomic mass is 32.2. The Balaban J connectivity index is 0.00000169. The monoisotopic (exact) mass is 622 g/mol. The summed E-state index contributed by atoms with van der Waals surface area (Å²) in [5.41, 5.74) is 4.54. The van der Waals surface area contributed by atoms with Crippen LogP contribution >= 0.6 is 0 Å². The maximum atomic E-state index is 13.6. The van der Waals surface area contributed by atoms with Gasteiger partial charge in [0.05, 0.1) is 23.6 Å². The molecule has 0 aromatic heterocycles. The minimum atomic E-state index is -3.45. The van der Waals surface area contributed by atoms with E-state index in [1.165, 1.54) is 4.31 Å². The molecule has 0 unspecified atom stereocenters. The fourth-order valence-electron chi connectivity index (χ4n) is 5.01. The van der Waals surface area contributed by atoms with Crippen LogP contribution in [0.2, 0.25) is 0 Å². The van der Waals surface area contributed by atoms with Crippen molar-refractivity contribution in [2.24, 2.45) is 0 Å². The summed E-state index contributed by atoms with van der Waals surface area (Å²) in [4.78, 5) is 22.0. The Hall–Kier alpha value is -4.19. The lowest BCUT2D eigenvalue weighted by Crippen LogP contribution is -2.48. The number of anilines is 2. The lowest BCUT2D eigenvalue weighted by Gasteiger charge is -2.29. The van der Waals surface area contributed by atoms with Gasteiger partial charge in [-0.25, -0.2) is 8.42 Å². The maximum absolute atomic E-state index is 13.6. The number of nitrogens with zero attached hydrogens (tertiary/aromatic N) is 1. The summed E-state index contributed by atoms with van der Waals surface area (Å²) in [5.74, 6) is -0.282. The number of hydrogen-bond acceptors (Lipinski definition) is 7. The molecule has 0 spiro atoms. The van der Waals surface area contributed by atoms with Crippen molar-refractivity contribution in [3.8, 4) is 0 Å². The number of amides is 1. The highest BCUT2D eigenvalue weighted by molar-refractivity contribution is 7.92. The van der Waals surface area contributed by atoms with E-state index in [9.17, 15) is 18.3 Å². The van der Waals surface area contributed by atoms with Gasteiger partial charge >= 0.3 is 0 Å². The van der Waals surface area contributed by atoms with Crippen molar-refractivity contribution in [1.82, 2.24) is 10.6 Å². The van der Waals surface area contributed by atoms with Gasteiger partial charge in [-0.2, -0.15) is 0 Å². The molecule has 1 heterocycles. The fraction of sp³-hybridized carbons (Fsp3) is 0.333. The van der Waals surface area contributed by atoms with Gasteiger partial charge in [0.1, 0.15) is 0 Å². The van der Waals surface area contributed by atoms with E-state index in [2.05, 4.69) is 22.5 Å².